The normalized spacial score (nSPS) is 10.5. The van der Waals surface area contributed by atoms with E-state index in [9.17, 15) is 4.79 Å². The summed E-state index contributed by atoms with van der Waals surface area (Å²) >= 11 is 1.20. The van der Waals surface area contributed by atoms with Crippen LogP contribution in [0.3, 0.4) is 0 Å². The maximum absolute atomic E-state index is 12.1. The first-order valence-electron chi connectivity index (χ1n) is 7.48. The van der Waals surface area contributed by atoms with Crippen molar-refractivity contribution in [1.82, 2.24) is 10.2 Å². The van der Waals surface area contributed by atoms with E-state index in [0.717, 1.165) is 0 Å². The van der Waals surface area contributed by atoms with Crippen molar-refractivity contribution in [2.45, 2.75) is 5.22 Å². The zero-order chi connectivity index (χ0) is 17.6. The van der Waals surface area contributed by atoms with Gasteiger partial charge in [-0.1, -0.05) is 42.1 Å². The molecule has 0 N–H and O–H groups in total. The Balaban J connectivity index is 1.71. The van der Waals surface area contributed by atoms with Crippen molar-refractivity contribution in [1.29, 1.82) is 0 Å². The van der Waals surface area contributed by atoms with Crippen molar-refractivity contribution >= 4 is 17.5 Å². The lowest BCUT2D eigenvalue weighted by molar-refractivity contribution is 0.102. The van der Waals surface area contributed by atoms with Crippen LogP contribution in [0.15, 0.2) is 58.2 Å². The van der Waals surface area contributed by atoms with Crippen LogP contribution >= 0.6 is 11.8 Å². The second kappa shape index (κ2) is 7.85. The third kappa shape index (κ3) is 4.00. The van der Waals surface area contributed by atoms with E-state index in [1.165, 1.54) is 11.8 Å². The summed E-state index contributed by atoms with van der Waals surface area (Å²) in [7, 11) is 3.14. The van der Waals surface area contributed by atoms with Gasteiger partial charge in [0.1, 0.15) is 11.5 Å². The summed E-state index contributed by atoms with van der Waals surface area (Å²) in [4.78, 5) is 12.1. The molecule has 1 heterocycles. The van der Waals surface area contributed by atoms with Crippen molar-refractivity contribution in [3.05, 3.63) is 54.1 Å². The second-order valence-corrected chi connectivity index (χ2v) is 5.94. The minimum Gasteiger partial charge on any atom is -0.497 e. The number of aromatic nitrogens is 2. The molecule has 0 spiro atoms. The molecule has 6 nitrogen and oxygen atoms in total. The van der Waals surface area contributed by atoms with Crippen LogP contribution in [-0.4, -0.2) is 36.0 Å². The Hall–Kier alpha value is -2.80. The quantitative estimate of drug-likeness (QED) is 0.472. The number of ketones is 1. The monoisotopic (exact) mass is 356 g/mol. The third-order valence-corrected chi connectivity index (χ3v) is 4.29. The minimum absolute atomic E-state index is 0.00683. The Bertz CT molecular complexity index is 865. The second-order valence-electron chi connectivity index (χ2n) is 5.02. The van der Waals surface area contributed by atoms with Gasteiger partial charge < -0.3 is 13.9 Å². The number of hydrogen-bond donors (Lipinski definition) is 0. The van der Waals surface area contributed by atoms with E-state index in [-0.39, 0.29) is 11.5 Å². The first kappa shape index (κ1) is 17.0. The third-order valence-electron chi connectivity index (χ3n) is 3.47. The zero-order valence-electron chi connectivity index (χ0n) is 13.8. The van der Waals surface area contributed by atoms with Crippen molar-refractivity contribution in [2.75, 3.05) is 20.0 Å². The lowest BCUT2D eigenvalue weighted by atomic mass is 10.2. The number of methoxy groups -OCH3 is 2. The van der Waals surface area contributed by atoms with Gasteiger partial charge in [0, 0.05) is 11.6 Å². The number of carbonyl (C=O) groups is 1. The molecule has 0 unspecified atom stereocenters. The molecule has 2 aromatic carbocycles. The fourth-order valence-electron chi connectivity index (χ4n) is 2.19. The molecule has 25 heavy (non-hydrogen) atoms. The Labute approximate surface area is 149 Å². The number of thioether (sulfide) groups is 1. The molecule has 0 saturated heterocycles. The van der Waals surface area contributed by atoms with Crippen LogP contribution in [0.2, 0.25) is 0 Å². The number of Topliss-reactive ketones (excluding diaryl/α,β-unsaturated/α-hetero) is 1. The standard InChI is InChI=1S/C18H16N2O4S/c1-22-13-8-9-14(16(10-13)23-2)17-19-20-18(24-17)25-11-15(21)12-6-4-3-5-7-12/h3-10H,11H2,1-2H3. The van der Waals surface area contributed by atoms with E-state index < -0.39 is 0 Å². The van der Waals surface area contributed by atoms with E-state index in [0.29, 0.717) is 33.7 Å². The van der Waals surface area contributed by atoms with Gasteiger partial charge in [-0.25, -0.2) is 0 Å². The average Bonchev–Trinajstić information content (AvgIpc) is 3.15. The van der Waals surface area contributed by atoms with Gasteiger partial charge in [-0.3, -0.25) is 4.79 Å². The number of carbonyl (C=O) groups excluding carboxylic acids is 1. The Morgan fingerprint density at radius 3 is 2.60 bits per heavy atom. The molecule has 0 radical (unpaired) electrons. The molecular weight excluding hydrogens is 340 g/mol. The highest BCUT2D eigenvalue weighted by Gasteiger charge is 2.16. The molecule has 0 aliphatic rings. The predicted molar refractivity (Wildman–Crippen MR) is 94.3 cm³/mol. The smallest absolute Gasteiger partial charge is 0.277 e. The van der Waals surface area contributed by atoms with Gasteiger partial charge in [0.05, 0.1) is 25.5 Å². The summed E-state index contributed by atoms with van der Waals surface area (Å²) in [5.74, 6) is 1.80. The Morgan fingerprint density at radius 2 is 1.88 bits per heavy atom. The van der Waals surface area contributed by atoms with Crippen LogP contribution in [-0.2, 0) is 0 Å². The molecule has 3 aromatic rings. The molecule has 128 valence electrons. The predicted octanol–water partition coefficient (Wildman–Crippen LogP) is 3.73. The van der Waals surface area contributed by atoms with Crippen molar-refractivity contribution in [3.63, 3.8) is 0 Å². The van der Waals surface area contributed by atoms with Crippen LogP contribution in [0.5, 0.6) is 11.5 Å². The van der Waals surface area contributed by atoms with Crippen LogP contribution in [0, 0.1) is 0 Å². The summed E-state index contributed by atoms with van der Waals surface area (Å²) in [6, 6.07) is 14.4. The molecule has 0 atom stereocenters. The summed E-state index contributed by atoms with van der Waals surface area (Å²) in [5, 5.41) is 8.35. The van der Waals surface area contributed by atoms with E-state index in [1.54, 1.807) is 44.6 Å². The van der Waals surface area contributed by atoms with Gasteiger partial charge in [-0.2, -0.15) is 0 Å². The topological polar surface area (TPSA) is 74.5 Å². The number of ether oxygens (including phenoxy) is 2. The lowest BCUT2D eigenvalue weighted by Crippen LogP contribution is -2.01. The highest BCUT2D eigenvalue weighted by atomic mass is 32.2. The molecule has 0 amide bonds. The summed E-state index contributed by atoms with van der Waals surface area (Å²) < 4.78 is 16.1. The van der Waals surface area contributed by atoms with Crippen LogP contribution in [0.4, 0.5) is 0 Å². The molecule has 0 fully saturated rings. The van der Waals surface area contributed by atoms with E-state index in [4.69, 9.17) is 13.9 Å². The van der Waals surface area contributed by atoms with E-state index in [1.807, 2.05) is 18.2 Å². The molecule has 3 rings (SSSR count). The van der Waals surface area contributed by atoms with Crippen LogP contribution in [0.25, 0.3) is 11.5 Å². The largest absolute Gasteiger partial charge is 0.497 e. The first-order valence-corrected chi connectivity index (χ1v) is 8.46. The number of nitrogens with zero attached hydrogens (tertiary/aromatic N) is 2. The van der Waals surface area contributed by atoms with E-state index >= 15 is 0 Å². The maximum Gasteiger partial charge on any atom is 0.277 e. The van der Waals surface area contributed by atoms with Crippen molar-refractivity contribution < 1.29 is 18.7 Å². The maximum atomic E-state index is 12.1. The molecule has 0 aliphatic heterocycles. The van der Waals surface area contributed by atoms with Gasteiger partial charge >= 0.3 is 0 Å². The number of benzene rings is 2. The molecule has 0 bridgehead atoms. The fourth-order valence-corrected chi connectivity index (χ4v) is 2.84. The molecular formula is C18H16N2O4S. The average molecular weight is 356 g/mol. The molecule has 1 aromatic heterocycles. The SMILES string of the molecule is COc1ccc(-c2nnc(SCC(=O)c3ccccc3)o2)c(OC)c1. The van der Waals surface area contributed by atoms with Crippen LogP contribution in [0.1, 0.15) is 10.4 Å². The fraction of sp³-hybridized carbons (Fsp3) is 0.167. The Morgan fingerprint density at radius 1 is 1.08 bits per heavy atom. The molecule has 7 heteroatoms. The number of rotatable bonds is 7. The first-order chi connectivity index (χ1) is 12.2. The van der Waals surface area contributed by atoms with Gasteiger partial charge in [0.15, 0.2) is 5.78 Å². The Kier molecular flexibility index (Phi) is 5.35. The minimum atomic E-state index is 0.00683. The van der Waals surface area contributed by atoms with Crippen molar-refractivity contribution in [2.24, 2.45) is 0 Å². The molecule has 0 saturated carbocycles. The van der Waals surface area contributed by atoms with Gasteiger partial charge in [-0.05, 0) is 12.1 Å². The van der Waals surface area contributed by atoms with Gasteiger partial charge in [-0.15, -0.1) is 10.2 Å². The summed E-state index contributed by atoms with van der Waals surface area (Å²) in [5.41, 5.74) is 1.32. The lowest BCUT2D eigenvalue weighted by Gasteiger charge is -2.07. The van der Waals surface area contributed by atoms with Crippen LogP contribution < -0.4 is 9.47 Å². The van der Waals surface area contributed by atoms with Gasteiger partial charge in [0.25, 0.3) is 11.1 Å². The highest BCUT2D eigenvalue weighted by Crippen LogP contribution is 2.33. The number of hydrogen-bond acceptors (Lipinski definition) is 7. The van der Waals surface area contributed by atoms with E-state index in [2.05, 4.69) is 10.2 Å². The summed E-state index contributed by atoms with van der Waals surface area (Å²) in [6.07, 6.45) is 0. The van der Waals surface area contributed by atoms with Gasteiger partial charge in [0.2, 0.25) is 0 Å². The van der Waals surface area contributed by atoms with Crippen molar-refractivity contribution in [3.8, 4) is 23.0 Å². The highest BCUT2D eigenvalue weighted by molar-refractivity contribution is 7.99. The zero-order valence-corrected chi connectivity index (χ0v) is 14.6. The molecule has 0 aliphatic carbocycles. The summed E-state index contributed by atoms with van der Waals surface area (Å²) in [6.45, 7) is 0.